The number of aryl methyl sites for hydroxylation is 2. The van der Waals surface area contributed by atoms with Crippen LogP contribution in [0.1, 0.15) is 18.2 Å². The monoisotopic (exact) mass is 269 g/mol. The van der Waals surface area contributed by atoms with Crippen molar-refractivity contribution in [2.45, 2.75) is 24.9 Å². The lowest BCUT2D eigenvalue weighted by Gasteiger charge is -2.03. The van der Waals surface area contributed by atoms with Gasteiger partial charge in [0.1, 0.15) is 0 Å². The van der Waals surface area contributed by atoms with E-state index in [1.165, 1.54) is 12.3 Å². The van der Waals surface area contributed by atoms with Crippen LogP contribution in [0, 0.1) is 0 Å². The molecule has 0 atom stereocenters. The van der Waals surface area contributed by atoms with E-state index < -0.39 is 10.0 Å². The van der Waals surface area contributed by atoms with Crippen molar-refractivity contribution >= 4 is 10.0 Å². The summed E-state index contributed by atoms with van der Waals surface area (Å²) in [5.41, 5.74) is 1.77. The van der Waals surface area contributed by atoms with Gasteiger partial charge in [-0.15, -0.1) is 0 Å². The highest BCUT2D eigenvalue weighted by Gasteiger charge is 2.16. The normalized spacial score (nSPS) is 11.9. The highest BCUT2D eigenvalue weighted by atomic mass is 32.2. The molecule has 0 spiro atoms. The number of hydrogen-bond acceptors (Lipinski definition) is 4. The number of hydrogen-bond donors (Lipinski definition) is 2. The lowest BCUT2D eigenvalue weighted by molar-refractivity contribution is 0.576. The molecule has 2 heterocycles. The topological polar surface area (TPSA) is 92.7 Å². The Balaban J connectivity index is 2.12. The molecular formula is C10H15N5O2S. The van der Waals surface area contributed by atoms with Crippen LogP contribution in [0.25, 0.3) is 0 Å². The van der Waals surface area contributed by atoms with Gasteiger partial charge in [0.2, 0.25) is 0 Å². The lowest BCUT2D eigenvalue weighted by atomic mass is 10.2. The Hall–Kier alpha value is -1.67. The second-order valence-corrected chi connectivity index (χ2v) is 5.61. The Morgan fingerprint density at radius 3 is 2.89 bits per heavy atom. The van der Waals surface area contributed by atoms with Gasteiger partial charge in [-0.1, -0.05) is 6.92 Å². The third-order valence-corrected chi connectivity index (χ3v) is 3.87. The van der Waals surface area contributed by atoms with Gasteiger partial charge < -0.3 is 0 Å². The standard InChI is InChI=1S/C10H15N5O2S/c1-3-9-8(7-15(2)14-9)6-12-18(16,17)10-4-5-11-13-10/h4-5,7,12H,3,6H2,1-2H3,(H,11,13). The largest absolute Gasteiger partial charge is 0.275 e. The van der Waals surface area contributed by atoms with Gasteiger partial charge in [-0.3, -0.25) is 9.78 Å². The summed E-state index contributed by atoms with van der Waals surface area (Å²) in [4.78, 5) is 0. The van der Waals surface area contributed by atoms with Crippen LogP contribution in [0.15, 0.2) is 23.5 Å². The molecule has 2 aromatic rings. The van der Waals surface area contributed by atoms with Crippen molar-refractivity contribution < 1.29 is 8.42 Å². The van der Waals surface area contributed by atoms with E-state index in [1.807, 2.05) is 20.2 Å². The average Bonchev–Trinajstić information content (AvgIpc) is 2.95. The summed E-state index contributed by atoms with van der Waals surface area (Å²) in [7, 11) is -1.72. The van der Waals surface area contributed by atoms with E-state index in [2.05, 4.69) is 20.0 Å². The molecule has 0 aromatic carbocycles. The molecule has 0 unspecified atom stereocenters. The van der Waals surface area contributed by atoms with Crippen LogP contribution < -0.4 is 4.72 Å². The summed E-state index contributed by atoms with van der Waals surface area (Å²) < 4.78 is 27.9. The van der Waals surface area contributed by atoms with Gasteiger partial charge >= 0.3 is 0 Å². The molecular weight excluding hydrogens is 254 g/mol. The molecule has 0 aliphatic heterocycles. The molecule has 0 aliphatic rings. The number of sulfonamides is 1. The zero-order valence-electron chi connectivity index (χ0n) is 10.2. The van der Waals surface area contributed by atoms with Crippen LogP contribution >= 0.6 is 0 Å². The first-order valence-electron chi connectivity index (χ1n) is 5.53. The Kier molecular flexibility index (Phi) is 3.48. The SMILES string of the molecule is CCc1nn(C)cc1CNS(=O)(=O)c1ccn[nH]1. The zero-order chi connectivity index (χ0) is 13.2. The smallest absolute Gasteiger partial charge is 0.257 e. The minimum Gasteiger partial charge on any atom is -0.275 e. The maximum absolute atomic E-state index is 11.9. The minimum atomic E-state index is -3.54. The van der Waals surface area contributed by atoms with Gasteiger partial charge in [0, 0.05) is 25.4 Å². The second kappa shape index (κ2) is 4.91. The van der Waals surface area contributed by atoms with E-state index in [-0.39, 0.29) is 11.6 Å². The molecule has 2 rings (SSSR count). The number of H-pyrrole nitrogens is 1. The number of nitrogens with one attached hydrogen (secondary N) is 2. The summed E-state index contributed by atoms with van der Waals surface area (Å²) >= 11 is 0. The molecule has 0 amide bonds. The van der Waals surface area contributed by atoms with E-state index in [1.54, 1.807) is 4.68 Å². The molecule has 0 fully saturated rings. The average molecular weight is 269 g/mol. The van der Waals surface area contributed by atoms with Crippen LogP contribution in [0.3, 0.4) is 0 Å². The summed E-state index contributed by atoms with van der Waals surface area (Å²) in [5.74, 6) is 0. The molecule has 0 radical (unpaired) electrons. The molecule has 2 N–H and O–H groups in total. The predicted molar refractivity (Wildman–Crippen MR) is 65.2 cm³/mol. The summed E-state index contributed by atoms with van der Waals surface area (Å²) in [6.07, 6.45) is 3.98. The molecule has 7 nitrogen and oxygen atoms in total. The van der Waals surface area contributed by atoms with E-state index in [0.717, 1.165) is 17.7 Å². The van der Waals surface area contributed by atoms with E-state index in [0.29, 0.717) is 0 Å². The summed E-state index contributed by atoms with van der Waals surface area (Å²) in [5, 5.41) is 10.4. The van der Waals surface area contributed by atoms with Crippen molar-refractivity contribution in [1.82, 2.24) is 24.7 Å². The number of rotatable bonds is 5. The molecule has 18 heavy (non-hydrogen) atoms. The van der Waals surface area contributed by atoms with Gasteiger partial charge in [-0.25, -0.2) is 13.1 Å². The van der Waals surface area contributed by atoms with Crippen LogP contribution in [-0.2, 0) is 30.0 Å². The fourth-order valence-electron chi connectivity index (χ4n) is 1.67. The van der Waals surface area contributed by atoms with Crippen molar-refractivity contribution in [3.63, 3.8) is 0 Å². The zero-order valence-corrected chi connectivity index (χ0v) is 11.0. The van der Waals surface area contributed by atoms with Crippen molar-refractivity contribution in [3.8, 4) is 0 Å². The van der Waals surface area contributed by atoms with Crippen LogP contribution in [0.4, 0.5) is 0 Å². The Bertz CT molecular complexity index is 615. The van der Waals surface area contributed by atoms with Crippen molar-refractivity contribution in [3.05, 3.63) is 29.7 Å². The van der Waals surface area contributed by atoms with E-state index in [9.17, 15) is 8.42 Å². The van der Waals surface area contributed by atoms with Gasteiger partial charge in [0.15, 0.2) is 5.03 Å². The van der Waals surface area contributed by atoms with Gasteiger partial charge in [-0.2, -0.15) is 10.2 Å². The van der Waals surface area contributed by atoms with E-state index >= 15 is 0 Å². The van der Waals surface area contributed by atoms with E-state index in [4.69, 9.17) is 0 Å². The number of aromatic amines is 1. The van der Waals surface area contributed by atoms with Gasteiger partial charge in [0.05, 0.1) is 11.9 Å². The minimum absolute atomic E-state index is 0.0597. The highest BCUT2D eigenvalue weighted by molar-refractivity contribution is 7.89. The maximum Gasteiger partial charge on any atom is 0.257 e. The Morgan fingerprint density at radius 2 is 2.28 bits per heavy atom. The fourth-order valence-corrected chi connectivity index (χ4v) is 2.59. The van der Waals surface area contributed by atoms with Crippen molar-refractivity contribution in [1.29, 1.82) is 0 Å². The quantitative estimate of drug-likeness (QED) is 0.810. The third-order valence-electron chi connectivity index (χ3n) is 2.54. The van der Waals surface area contributed by atoms with Crippen LogP contribution in [0.5, 0.6) is 0 Å². The molecule has 98 valence electrons. The van der Waals surface area contributed by atoms with Crippen molar-refractivity contribution in [2.75, 3.05) is 0 Å². The summed E-state index contributed by atoms with van der Waals surface area (Å²) in [6, 6.07) is 1.41. The maximum atomic E-state index is 11.9. The predicted octanol–water partition coefficient (Wildman–Crippen LogP) is 0.184. The Morgan fingerprint density at radius 1 is 1.50 bits per heavy atom. The molecule has 0 aliphatic carbocycles. The first-order valence-corrected chi connectivity index (χ1v) is 7.01. The molecule has 0 saturated carbocycles. The van der Waals surface area contributed by atoms with Crippen LogP contribution in [-0.4, -0.2) is 28.4 Å². The number of nitrogens with zero attached hydrogens (tertiary/aromatic N) is 3. The molecule has 0 saturated heterocycles. The summed E-state index contributed by atoms with van der Waals surface area (Å²) in [6.45, 7) is 2.20. The molecule has 8 heteroatoms. The number of aromatic nitrogens is 4. The second-order valence-electron chi connectivity index (χ2n) is 3.87. The highest BCUT2D eigenvalue weighted by Crippen LogP contribution is 2.09. The molecule has 0 bridgehead atoms. The van der Waals surface area contributed by atoms with Crippen LogP contribution in [0.2, 0.25) is 0 Å². The Labute approximate surface area is 105 Å². The third kappa shape index (κ3) is 2.59. The fraction of sp³-hybridized carbons (Fsp3) is 0.400. The first-order chi connectivity index (χ1) is 8.53. The van der Waals surface area contributed by atoms with Gasteiger partial charge in [-0.05, 0) is 12.5 Å². The van der Waals surface area contributed by atoms with Gasteiger partial charge in [0.25, 0.3) is 10.0 Å². The lowest BCUT2D eigenvalue weighted by Crippen LogP contribution is -2.23. The van der Waals surface area contributed by atoms with Crippen molar-refractivity contribution in [2.24, 2.45) is 7.05 Å². The first kappa shape index (κ1) is 12.8. The molecule has 2 aromatic heterocycles.